The van der Waals surface area contributed by atoms with E-state index in [4.69, 9.17) is 4.74 Å². The van der Waals surface area contributed by atoms with Gasteiger partial charge in [0.25, 0.3) is 0 Å². The number of nitrogens with one attached hydrogen (secondary N) is 1. The first-order valence-electron chi connectivity index (χ1n) is 9.60. The number of methoxy groups -OCH3 is 1. The van der Waals surface area contributed by atoms with Crippen LogP contribution in [-0.4, -0.2) is 37.3 Å². The molecule has 7 nitrogen and oxygen atoms in total. The summed E-state index contributed by atoms with van der Waals surface area (Å²) in [6.45, 7) is -0.912. The Morgan fingerprint density at radius 1 is 1.06 bits per heavy atom. The monoisotopic (exact) mass is 479 g/mol. The van der Waals surface area contributed by atoms with Gasteiger partial charge in [-0.3, -0.25) is 9.78 Å². The summed E-state index contributed by atoms with van der Waals surface area (Å²) in [5, 5.41) is 2.17. The Morgan fingerprint density at radius 2 is 1.76 bits per heavy atom. The number of pyridine rings is 1. The number of carbonyl (C=O) groups is 1. The summed E-state index contributed by atoms with van der Waals surface area (Å²) in [5.74, 6) is -0.366. The third-order valence-electron chi connectivity index (χ3n) is 4.62. The molecule has 1 amide bonds. The van der Waals surface area contributed by atoms with Crippen molar-refractivity contribution in [1.82, 2.24) is 9.29 Å². The number of nitrogens with zero attached hydrogens (tertiary/aromatic N) is 2. The van der Waals surface area contributed by atoms with E-state index in [1.54, 1.807) is 24.3 Å². The zero-order chi connectivity index (χ0) is 24.1. The van der Waals surface area contributed by atoms with Gasteiger partial charge in [0, 0.05) is 18.9 Å². The predicted molar refractivity (Wildman–Crippen MR) is 115 cm³/mol. The molecule has 0 aliphatic heterocycles. The zero-order valence-electron chi connectivity index (χ0n) is 17.4. The lowest BCUT2D eigenvalue weighted by Gasteiger charge is -2.22. The lowest BCUT2D eigenvalue weighted by molar-refractivity contribution is -0.137. The van der Waals surface area contributed by atoms with Crippen LogP contribution >= 0.6 is 0 Å². The lowest BCUT2D eigenvalue weighted by atomic mass is 10.1. The Bertz CT molecular complexity index is 1200. The van der Waals surface area contributed by atoms with Crippen molar-refractivity contribution in [2.75, 3.05) is 19.0 Å². The van der Waals surface area contributed by atoms with Gasteiger partial charge >= 0.3 is 6.18 Å². The van der Waals surface area contributed by atoms with Crippen LogP contribution < -0.4 is 10.1 Å². The minimum Gasteiger partial charge on any atom is -0.497 e. The first kappa shape index (κ1) is 24.2. The molecule has 0 spiro atoms. The van der Waals surface area contributed by atoms with Gasteiger partial charge in [0.1, 0.15) is 10.6 Å². The van der Waals surface area contributed by atoms with Gasteiger partial charge in [0.05, 0.1) is 24.9 Å². The molecule has 3 aromatic rings. The quantitative estimate of drug-likeness (QED) is 0.529. The molecule has 1 N–H and O–H groups in total. The average Bonchev–Trinajstić information content (AvgIpc) is 2.79. The molecule has 0 aliphatic rings. The van der Waals surface area contributed by atoms with Gasteiger partial charge in [-0.05, 0) is 42.0 Å². The second kappa shape index (κ2) is 10.0. The number of aromatic nitrogens is 1. The molecule has 0 bridgehead atoms. The molecule has 3 rings (SSSR count). The molecule has 0 saturated heterocycles. The molecule has 0 saturated carbocycles. The minimum atomic E-state index is -4.69. The van der Waals surface area contributed by atoms with Crippen molar-refractivity contribution in [3.8, 4) is 5.75 Å². The van der Waals surface area contributed by atoms with Gasteiger partial charge in [-0.2, -0.15) is 17.5 Å². The number of hydrogen-bond acceptors (Lipinski definition) is 5. The molecular weight excluding hydrogens is 459 g/mol. The molecule has 1 aromatic heterocycles. The highest BCUT2D eigenvalue weighted by atomic mass is 32.2. The number of alkyl halides is 3. The molecular formula is C22H20F3N3O4S. The normalized spacial score (nSPS) is 11.9. The van der Waals surface area contributed by atoms with Gasteiger partial charge < -0.3 is 10.1 Å². The van der Waals surface area contributed by atoms with Crippen molar-refractivity contribution in [1.29, 1.82) is 0 Å². The van der Waals surface area contributed by atoms with Crippen molar-refractivity contribution >= 4 is 21.6 Å². The number of ether oxygens (including phenoxy) is 1. The minimum absolute atomic E-state index is 0.151. The number of para-hydroxylation sites is 1. The van der Waals surface area contributed by atoms with Crippen molar-refractivity contribution < 1.29 is 31.1 Å². The summed E-state index contributed by atoms with van der Waals surface area (Å²) in [6, 6.07) is 13.7. The van der Waals surface area contributed by atoms with Gasteiger partial charge in [-0.15, -0.1) is 0 Å². The number of halogens is 3. The van der Waals surface area contributed by atoms with Crippen molar-refractivity contribution in [3.63, 3.8) is 0 Å². The summed E-state index contributed by atoms with van der Waals surface area (Å²) in [6.07, 6.45) is -2.16. The Balaban J connectivity index is 1.89. The van der Waals surface area contributed by atoms with Gasteiger partial charge in [0.2, 0.25) is 15.9 Å². The summed E-state index contributed by atoms with van der Waals surface area (Å²) in [4.78, 5) is 16.3. The molecule has 0 aliphatic carbocycles. The Labute approximate surface area is 188 Å². The number of sulfonamides is 1. The van der Waals surface area contributed by atoms with E-state index in [2.05, 4.69) is 10.3 Å². The van der Waals surface area contributed by atoms with Crippen LogP contribution in [0.3, 0.4) is 0 Å². The van der Waals surface area contributed by atoms with E-state index in [0.717, 1.165) is 22.6 Å². The van der Waals surface area contributed by atoms with Crippen molar-refractivity contribution in [2.24, 2.45) is 0 Å². The number of anilines is 1. The standard InChI is InChI=1S/C22H20F3N3O4S/c1-32-17-10-8-16(9-11-17)14-28(33(30,31)18-5-4-12-26-13-18)15-21(29)27-20-7-3-2-6-19(20)22(23,24)25/h2-13H,14-15H2,1H3,(H,27,29). The number of benzene rings is 2. The van der Waals surface area contributed by atoms with Crippen molar-refractivity contribution in [2.45, 2.75) is 17.6 Å². The van der Waals surface area contributed by atoms with E-state index in [0.29, 0.717) is 11.3 Å². The van der Waals surface area contributed by atoms with Crippen LogP contribution in [0.5, 0.6) is 5.75 Å². The summed E-state index contributed by atoms with van der Waals surface area (Å²) < 4.78 is 72.0. The first-order chi connectivity index (χ1) is 15.6. The largest absolute Gasteiger partial charge is 0.497 e. The third-order valence-corrected chi connectivity index (χ3v) is 6.39. The van der Waals surface area contributed by atoms with Gasteiger partial charge in [-0.25, -0.2) is 8.42 Å². The first-order valence-corrected chi connectivity index (χ1v) is 11.0. The second-order valence-electron chi connectivity index (χ2n) is 6.90. The van der Waals surface area contributed by atoms with E-state index in [-0.39, 0.29) is 11.4 Å². The Kier molecular flexibility index (Phi) is 7.34. The van der Waals surface area contributed by atoms with Crippen LogP contribution in [-0.2, 0) is 27.5 Å². The van der Waals surface area contributed by atoms with E-state index in [9.17, 15) is 26.4 Å². The molecule has 33 heavy (non-hydrogen) atoms. The number of rotatable bonds is 8. The third kappa shape index (κ3) is 6.08. The SMILES string of the molecule is COc1ccc(CN(CC(=O)Nc2ccccc2C(F)(F)F)S(=O)(=O)c2cccnc2)cc1. The average molecular weight is 479 g/mol. The zero-order valence-corrected chi connectivity index (χ0v) is 18.2. The molecule has 0 unspecified atom stereocenters. The molecule has 1 heterocycles. The van der Waals surface area contributed by atoms with Gasteiger partial charge in [-0.1, -0.05) is 24.3 Å². The predicted octanol–water partition coefficient (Wildman–Crippen LogP) is 3.94. The highest BCUT2D eigenvalue weighted by molar-refractivity contribution is 7.89. The molecule has 174 valence electrons. The molecule has 0 atom stereocenters. The fourth-order valence-electron chi connectivity index (χ4n) is 3.00. The molecule has 0 radical (unpaired) electrons. The maximum absolute atomic E-state index is 13.2. The van der Waals surface area contributed by atoms with Crippen LogP contribution in [0.15, 0.2) is 78.0 Å². The van der Waals surface area contributed by atoms with Crippen LogP contribution in [0, 0.1) is 0 Å². The van der Waals surface area contributed by atoms with E-state index < -0.39 is 39.9 Å². The van der Waals surface area contributed by atoms with E-state index in [1.165, 1.54) is 37.6 Å². The lowest BCUT2D eigenvalue weighted by Crippen LogP contribution is -2.37. The molecule has 0 fully saturated rings. The van der Waals surface area contributed by atoms with Crippen LogP contribution in [0.25, 0.3) is 0 Å². The fraction of sp³-hybridized carbons (Fsp3) is 0.182. The highest BCUT2D eigenvalue weighted by Gasteiger charge is 2.34. The van der Waals surface area contributed by atoms with Gasteiger partial charge in [0.15, 0.2) is 0 Å². The summed E-state index contributed by atoms with van der Waals surface area (Å²) in [7, 11) is -2.70. The Hall–Kier alpha value is -3.44. The highest BCUT2D eigenvalue weighted by Crippen LogP contribution is 2.34. The Morgan fingerprint density at radius 3 is 2.36 bits per heavy atom. The smallest absolute Gasteiger partial charge is 0.418 e. The molecule has 2 aromatic carbocycles. The van der Waals surface area contributed by atoms with E-state index in [1.807, 2.05) is 0 Å². The number of carbonyl (C=O) groups excluding carboxylic acids is 1. The topological polar surface area (TPSA) is 88.6 Å². The molecule has 11 heteroatoms. The number of amides is 1. The van der Waals surface area contributed by atoms with Crippen LogP contribution in [0.1, 0.15) is 11.1 Å². The van der Waals surface area contributed by atoms with Crippen LogP contribution in [0.2, 0.25) is 0 Å². The van der Waals surface area contributed by atoms with E-state index >= 15 is 0 Å². The summed E-state index contributed by atoms with van der Waals surface area (Å²) in [5.41, 5.74) is -0.944. The van der Waals surface area contributed by atoms with Crippen LogP contribution in [0.4, 0.5) is 18.9 Å². The maximum atomic E-state index is 13.2. The second-order valence-corrected chi connectivity index (χ2v) is 8.84. The maximum Gasteiger partial charge on any atom is 0.418 e. The van der Waals surface area contributed by atoms with Crippen molar-refractivity contribution in [3.05, 3.63) is 84.2 Å². The summed E-state index contributed by atoms with van der Waals surface area (Å²) >= 11 is 0. The number of hydrogen-bond donors (Lipinski definition) is 1. The fourth-order valence-corrected chi connectivity index (χ4v) is 4.35.